The molecule has 4 aromatic carbocycles. The molecular formula is C24H16S. The fourth-order valence-electron chi connectivity index (χ4n) is 3.47. The number of rotatable bonds is 2. The highest BCUT2D eigenvalue weighted by Crippen LogP contribution is 2.40. The smallest absolute Gasteiger partial charge is 0.0433 e. The second-order valence-electron chi connectivity index (χ2n) is 6.23. The molecule has 0 aliphatic carbocycles. The zero-order valence-electron chi connectivity index (χ0n) is 13.6. The van der Waals surface area contributed by atoms with Gasteiger partial charge in [-0.15, -0.1) is 11.3 Å². The highest BCUT2D eigenvalue weighted by molar-refractivity contribution is 7.26. The van der Waals surface area contributed by atoms with E-state index in [1.165, 1.54) is 42.4 Å². The molecule has 0 N–H and O–H groups in total. The first-order valence-electron chi connectivity index (χ1n) is 8.46. The maximum Gasteiger partial charge on any atom is 0.0433 e. The van der Waals surface area contributed by atoms with Gasteiger partial charge in [-0.2, -0.15) is 0 Å². The van der Waals surface area contributed by atoms with Gasteiger partial charge in [0.05, 0.1) is 0 Å². The van der Waals surface area contributed by atoms with Crippen LogP contribution in [0.1, 0.15) is 0 Å². The predicted molar refractivity (Wildman–Crippen MR) is 110 cm³/mol. The first kappa shape index (κ1) is 14.4. The normalized spacial score (nSPS) is 11.2. The molecule has 0 atom stereocenters. The van der Waals surface area contributed by atoms with Crippen LogP contribution in [0.4, 0.5) is 0 Å². The van der Waals surface area contributed by atoms with Crippen molar-refractivity contribution in [2.75, 3.05) is 0 Å². The molecule has 0 aliphatic heterocycles. The molecule has 0 saturated heterocycles. The average Bonchev–Trinajstić information content (AvgIpc) is 3.07. The Hall–Kier alpha value is -2.90. The maximum atomic E-state index is 2.30. The number of thiophene rings is 1. The lowest BCUT2D eigenvalue weighted by Crippen LogP contribution is -1.81. The summed E-state index contributed by atoms with van der Waals surface area (Å²) in [6, 6.07) is 34.8. The first-order valence-corrected chi connectivity index (χ1v) is 9.28. The summed E-state index contributed by atoms with van der Waals surface area (Å²) in [5, 5.41) is 2.70. The summed E-state index contributed by atoms with van der Waals surface area (Å²) in [4.78, 5) is 0. The summed E-state index contributed by atoms with van der Waals surface area (Å²) in [6.07, 6.45) is 0. The molecule has 118 valence electrons. The van der Waals surface area contributed by atoms with Gasteiger partial charge in [-0.05, 0) is 34.4 Å². The molecule has 1 heterocycles. The van der Waals surface area contributed by atoms with Gasteiger partial charge in [0.1, 0.15) is 0 Å². The summed E-state index contributed by atoms with van der Waals surface area (Å²) >= 11 is 1.88. The standard InChI is InChI=1S/C24H16S/c1-2-8-17(9-3-1)18-10-6-11-19(16-18)20-13-7-14-22-21-12-4-5-15-23(21)25-24(20)22/h1-16H. The molecule has 0 amide bonds. The minimum absolute atomic E-state index is 1.26. The van der Waals surface area contributed by atoms with Crippen LogP contribution in [-0.4, -0.2) is 0 Å². The molecule has 1 heteroatoms. The van der Waals surface area contributed by atoms with E-state index in [0.717, 1.165) is 0 Å². The fourth-order valence-corrected chi connectivity index (χ4v) is 4.71. The van der Waals surface area contributed by atoms with Crippen molar-refractivity contribution in [3.63, 3.8) is 0 Å². The predicted octanol–water partition coefficient (Wildman–Crippen LogP) is 7.39. The number of benzene rings is 4. The van der Waals surface area contributed by atoms with E-state index in [2.05, 4.69) is 97.1 Å². The van der Waals surface area contributed by atoms with Crippen LogP contribution in [0.2, 0.25) is 0 Å². The van der Waals surface area contributed by atoms with Crippen molar-refractivity contribution in [1.29, 1.82) is 0 Å². The minimum atomic E-state index is 1.26. The van der Waals surface area contributed by atoms with Crippen LogP contribution < -0.4 is 0 Å². The topological polar surface area (TPSA) is 0 Å². The Morgan fingerprint density at radius 1 is 0.480 bits per heavy atom. The molecule has 5 rings (SSSR count). The highest BCUT2D eigenvalue weighted by atomic mass is 32.1. The van der Waals surface area contributed by atoms with Crippen LogP contribution in [0.5, 0.6) is 0 Å². The Kier molecular flexibility index (Phi) is 3.39. The number of hydrogen-bond donors (Lipinski definition) is 0. The summed E-state index contributed by atoms with van der Waals surface area (Å²) in [5.74, 6) is 0. The van der Waals surface area contributed by atoms with Crippen molar-refractivity contribution in [2.45, 2.75) is 0 Å². The van der Waals surface area contributed by atoms with Crippen molar-refractivity contribution < 1.29 is 0 Å². The van der Waals surface area contributed by atoms with E-state index in [0.29, 0.717) is 0 Å². The van der Waals surface area contributed by atoms with Gasteiger partial charge in [0.2, 0.25) is 0 Å². The van der Waals surface area contributed by atoms with E-state index >= 15 is 0 Å². The van der Waals surface area contributed by atoms with Gasteiger partial charge in [0, 0.05) is 20.2 Å². The third-order valence-corrected chi connectivity index (χ3v) is 5.90. The molecule has 0 fully saturated rings. The van der Waals surface area contributed by atoms with Crippen LogP contribution in [0.3, 0.4) is 0 Å². The van der Waals surface area contributed by atoms with E-state index in [-0.39, 0.29) is 0 Å². The van der Waals surface area contributed by atoms with Crippen LogP contribution in [0, 0.1) is 0 Å². The van der Waals surface area contributed by atoms with Gasteiger partial charge in [-0.3, -0.25) is 0 Å². The van der Waals surface area contributed by atoms with Gasteiger partial charge in [-0.1, -0.05) is 84.9 Å². The van der Waals surface area contributed by atoms with Crippen molar-refractivity contribution in [1.82, 2.24) is 0 Å². The Labute approximate surface area is 151 Å². The molecule has 0 bridgehead atoms. The largest absolute Gasteiger partial charge is 0.135 e. The molecular weight excluding hydrogens is 320 g/mol. The molecule has 0 aliphatic rings. The number of hydrogen-bond acceptors (Lipinski definition) is 1. The van der Waals surface area contributed by atoms with E-state index in [1.807, 2.05) is 11.3 Å². The lowest BCUT2D eigenvalue weighted by Gasteiger charge is -2.07. The summed E-state index contributed by atoms with van der Waals surface area (Å²) in [6.45, 7) is 0. The van der Waals surface area contributed by atoms with E-state index < -0.39 is 0 Å². The first-order chi connectivity index (χ1) is 12.4. The van der Waals surface area contributed by atoms with E-state index in [9.17, 15) is 0 Å². The highest BCUT2D eigenvalue weighted by Gasteiger charge is 2.10. The van der Waals surface area contributed by atoms with E-state index in [4.69, 9.17) is 0 Å². The zero-order valence-corrected chi connectivity index (χ0v) is 14.5. The quantitative estimate of drug-likeness (QED) is 0.315. The molecule has 0 saturated carbocycles. The molecule has 1 aromatic heterocycles. The summed E-state index contributed by atoms with van der Waals surface area (Å²) in [7, 11) is 0. The van der Waals surface area contributed by atoms with Crippen molar-refractivity contribution >= 4 is 31.5 Å². The zero-order chi connectivity index (χ0) is 16.6. The van der Waals surface area contributed by atoms with Crippen molar-refractivity contribution in [2.24, 2.45) is 0 Å². The molecule has 0 nitrogen and oxygen atoms in total. The van der Waals surface area contributed by atoms with E-state index in [1.54, 1.807) is 0 Å². The average molecular weight is 336 g/mol. The summed E-state index contributed by atoms with van der Waals surface area (Å²) < 4.78 is 2.72. The maximum absolute atomic E-state index is 2.30. The van der Waals surface area contributed by atoms with Crippen LogP contribution in [-0.2, 0) is 0 Å². The Balaban J connectivity index is 1.74. The van der Waals surface area contributed by atoms with Gasteiger partial charge >= 0.3 is 0 Å². The lowest BCUT2D eigenvalue weighted by atomic mass is 9.98. The van der Waals surface area contributed by atoms with Crippen LogP contribution in [0.15, 0.2) is 97.1 Å². The SMILES string of the molecule is c1ccc(-c2cccc(-c3cccc4c3sc3ccccc34)c2)cc1. The van der Waals surface area contributed by atoms with Gasteiger partial charge in [-0.25, -0.2) is 0 Å². The van der Waals surface area contributed by atoms with Gasteiger partial charge < -0.3 is 0 Å². The Morgan fingerprint density at radius 2 is 1.16 bits per heavy atom. The van der Waals surface area contributed by atoms with Crippen molar-refractivity contribution in [3.8, 4) is 22.3 Å². The molecule has 5 aromatic rings. The Morgan fingerprint density at radius 3 is 2.08 bits per heavy atom. The molecule has 0 spiro atoms. The number of fused-ring (bicyclic) bond motifs is 3. The second-order valence-corrected chi connectivity index (χ2v) is 7.28. The van der Waals surface area contributed by atoms with Gasteiger partial charge in [0.25, 0.3) is 0 Å². The van der Waals surface area contributed by atoms with Crippen LogP contribution >= 0.6 is 11.3 Å². The monoisotopic (exact) mass is 336 g/mol. The fraction of sp³-hybridized carbons (Fsp3) is 0. The summed E-state index contributed by atoms with van der Waals surface area (Å²) in [5.41, 5.74) is 5.11. The third kappa shape index (κ3) is 2.45. The third-order valence-electron chi connectivity index (χ3n) is 4.68. The second kappa shape index (κ2) is 5.87. The molecule has 0 radical (unpaired) electrons. The minimum Gasteiger partial charge on any atom is -0.135 e. The van der Waals surface area contributed by atoms with Crippen LogP contribution in [0.25, 0.3) is 42.4 Å². The van der Waals surface area contributed by atoms with Crippen molar-refractivity contribution in [3.05, 3.63) is 97.1 Å². The molecule has 25 heavy (non-hydrogen) atoms. The van der Waals surface area contributed by atoms with Gasteiger partial charge in [0.15, 0.2) is 0 Å². The molecule has 0 unspecified atom stereocenters. The Bertz CT molecular complexity index is 1180. The lowest BCUT2D eigenvalue weighted by molar-refractivity contribution is 1.61.